The Morgan fingerprint density at radius 2 is 1.65 bits per heavy atom. The number of hydrogen-bond donors (Lipinski definition) is 0. The Kier molecular flexibility index (Phi) is 5.32. The molecule has 1 aliphatic rings. The lowest BCUT2D eigenvalue weighted by Crippen LogP contribution is -2.07. The van der Waals surface area contributed by atoms with E-state index >= 15 is 0 Å². The molecule has 0 saturated carbocycles. The van der Waals surface area contributed by atoms with Gasteiger partial charge >= 0.3 is 0 Å². The van der Waals surface area contributed by atoms with Gasteiger partial charge in [-0.2, -0.15) is 0 Å². The molecule has 2 nitrogen and oxygen atoms in total. The number of rotatable bonds is 6. The van der Waals surface area contributed by atoms with Gasteiger partial charge < -0.3 is 0 Å². The van der Waals surface area contributed by atoms with Crippen molar-refractivity contribution in [3.63, 3.8) is 0 Å². The van der Waals surface area contributed by atoms with Crippen LogP contribution in [0.1, 0.15) is 39.0 Å². The molecule has 0 atom stereocenters. The first kappa shape index (κ1) is 16.8. The molecule has 124 valence electrons. The van der Waals surface area contributed by atoms with Crippen LogP contribution in [0.2, 0.25) is 0 Å². The molecule has 1 aliphatic heterocycles. The Bertz CT molecular complexity index is 775. The van der Waals surface area contributed by atoms with Crippen molar-refractivity contribution in [1.29, 1.82) is 0 Å². The van der Waals surface area contributed by atoms with Gasteiger partial charge in [0.05, 0.1) is 10.6 Å². The highest BCUT2D eigenvalue weighted by atomic mass is 32.2. The number of sulfone groups is 1. The number of hydrogen-bond acceptors (Lipinski definition) is 2. The van der Waals surface area contributed by atoms with Crippen LogP contribution in [0.5, 0.6) is 0 Å². The number of benzene rings is 2. The summed E-state index contributed by atoms with van der Waals surface area (Å²) in [5, 5.41) is 2.20. The van der Waals surface area contributed by atoms with E-state index in [9.17, 15) is 8.42 Å². The Morgan fingerprint density at radius 1 is 0.957 bits per heavy atom. The Balaban J connectivity index is 1.86. The van der Waals surface area contributed by atoms with Gasteiger partial charge in [0.15, 0.2) is 14.7 Å². The predicted octanol–water partition coefficient (Wildman–Crippen LogP) is 4.57. The molecular formula is C19H25O2S2+. The van der Waals surface area contributed by atoms with Gasteiger partial charge in [0.25, 0.3) is 0 Å². The molecule has 23 heavy (non-hydrogen) atoms. The summed E-state index contributed by atoms with van der Waals surface area (Å²) in [7, 11) is -2.74. The lowest BCUT2D eigenvalue weighted by Gasteiger charge is -2.07. The summed E-state index contributed by atoms with van der Waals surface area (Å²) < 4.78 is 24.9. The molecule has 2 aromatic rings. The van der Waals surface area contributed by atoms with Crippen LogP contribution in [0.15, 0.2) is 46.2 Å². The molecule has 1 saturated heterocycles. The summed E-state index contributed by atoms with van der Waals surface area (Å²) in [5.41, 5.74) is 0. The van der Waals surface area contributed by atoms with Gasteiger partial charge in [0, 0.05) is 17.0 Å². The van der Waals surface area contributed by atoms with Gasteiger partial charge in [-0.05, 0) is 54.3 Å². The largest absolute Gasteiger partial charge is 0.224 e. The fourth-order valence-electron chi connectivity index (χ4n) is 3.13. The van der Waals surface area contributed by atoms with Crippen molar-refractivity contribution >= 4 is 31.5 Å². The van der Waals surface area contributed by atoms with Crippen molar-refractivity contribution in [2.45, 2.75) is 48.8 Å². The first-order valence-electron chi connectivity index (χ1n) is 8.54. The van der Waals surface area contributed by atoms with Crippen molar-refractivity contribution in [3.05, 3.63) is 36.4 Å². The highest BCUT2D eigenvalue weighted by Crippen LogP contribution is 2.28. The Morgan fingerprint density at radius 3 is 2.39 bits per heavy atom. The molecule has 0 spiro atoms. The van der Waals surface area contributed by atoms with Crippen molar-refractivity contribution in [2.24, 2.45) is 0 Å². The maximum Gasteiger partial charge on any atom is 0.178 e. The minimum atomic E-state index is -3.15. The van der Waals surface area contributed by atoms with Crippen LogP contribution in [0.3, 0.4) is 0 Å². The standard InChI is InChI=1S/C19H25O2S2/c1-2-3-6-13-23(20,21)19-10-8-16-14-18(9-7-17(16)15-19)22-11-4-5-12-22/h7-10,14-15H,2-6,11-13H2,1H3/q+1. The van der Waals surface area contributed by atoms with E-state index in [1.807, 2.05) is 12.1 Å². The first-order valence-corrected chi connectivity index (χ1v) is 11.8. The zero-order valence-electron chi connectivity index (χ0n) is 13.8. The van der Waals surface area contributed by atoms with E-state index in [1.165, 1.54) is 29.2 Å². The zero-order valence-corrected chi connectivity index (χ0v) is 15.4. The minimum absolute atomic E-state index is 0.258. The SMILES string of the molecule is CCCCCS(=O)(=O)c1ccc2cc([S+]3CCCC3)ccc2c1. The van der Waals surface area contributed by atoms with Crippen LogP contribution < -0.4 is 0 Å². The molecule has 0 radical (unpaired) electrons. The van der Waals surface area contributed by atoms with Gasteiger partial charge in [0.1, 0.15) is 11.5 Å². The first-order chi connectivity index (χ1) is 11.1. The summed E-state index contributed by atoms with van der Waals surface area (Å²) in [6, 6.07) is 12.2. The van der Waals surface area contributed by atoms with E-state index in [0.29, 0.717) is 15.8 Å². The summed E-state index contributed by atoms with van der Waals surface area (Å²) in [6.07, 6.45) is 5.45. The molecule has 0 N–H and O–H groups in total. The second kappa shape index (κ2) is 7.27. The quantitative estimate of drug-likeness (QED) is 0.565. The lowest BCUT2D eigenvalue weighted by atomic mass is 10.1. The second-order valence-corrected chi connectivity index (χ2v) is 10.7. The average Bonchev–Trinajstić information content (AvgIpc) is 3.08. The molecule has 4 heteroatoms. The van der Waals surface area contributed by atoms with Crippen LogP contribution in [-0.4, -0.2) is 25.7 Å². The molecule has 1 heterocycles. The highest BCUT2D eigenvalue weighted by Gasteiger charge is 2.26. The van der Waals surface area contributed by atoms with E-state index in [1.54, 1.807) is 6.07 Å². The van der Waals surface area contributed by atoms with Gasteiger partial charge in [-0.25, -0.2) is 8.42 Å². The summed E-state index contributed by atoms with van der Waals surface area (Å²) in [5.74, 6) is 2.89. The number of fused-ring (bicyclic) bond motifs is 1. The molecule has 1 fully saturated rings. The van der Waals surface area contributed by atoms with Crippen LogP contribution in [0, 0.1) is 0 Å². The monoisotopic (exact) mass is 349 g/mol. The molecule has 3 rings (SSSR count). The molecule has 0 bridgehead atoms. The molecule has 0 amide bonds. The van der Waals surface area contributed by atoms with E-state index in [0.717, 1.165) is 30.0 Å². The fourth-order valence-corrected chi connectivity index (χ4v) is 6.86. The van der Waals surface area contributed by atoms with Gasteiger partial charge in [-0.1, -0.05) is 25.8 Å². The smallest absolute Gasteiger partial charge is 0.178 e. The molecule has 0 unspecified atom stereocenters. The number of unbranched alkanes of at least 4 members (excludes halogenated alkanes) is 2. The van der Waals surface area contributed by atoms with Gasteiger partial charge in [-0.15, -0.1) is 0 Å². The van der Waals surface area contributed by atoms with Crippen molar-refractivity contribution < 1.29 is 8.42 Å². The summed E-state index contributed by atoms with van der Waals surface area (Å²) >= 11 is 0. The molecule has 2 aromatic carbocycles. The highest BCUT2D eigenvalue weighted by molar-refractivity contribution is 7.97. The molecule has 0 aromatic heterocycles. The molecular weight excluding hydrogens is 324 g/mol. The third-order valence-electron chi connectivity index (χ3n) is 4.52. The van der Waals surface area contributed by atoms with E-state index < -0.39 is 9.84 Å². The van der Waals surface area contributed by atoms with Gasteiger partial charge in [-0.3, -0.25) is 0 Å². The van der Waals surface area contributed by atoms with Crippen molar-refractivity contribution in [1.82, 2.24) is 0 Å². The van der Waals surface area contributed by atoms with Gasteiger partial charge in [0.2, 0.25) is 0 Å². The van der Waals surface area contributed by atoms with E-state index in [2.05, 4.69) is 25.1 Å². The zero-order chi connectivity index (χ0) is 16.3. The fraction of sp³-hybridized carbons (Fsp3) is 0.474. The second-order valence-electron chi connectivity index (χ2n) is 6.30. The third kappa shape index (κ3) is 3.92. The van der Waals surface area contributed by atoms with Crippen molar-refractivity contribution in [2.75, 3.05) is 17.3 Å². The molecule has 0 aliphatic carbocycles. The normalized spacial score (nSPS) is 16.2. The van der Waals surface area contributed by atoms with E-state index in [4.69, 9.17) is 0 Å². The van der Waals surface area contributed by atoms with Crippen LogP contribution in [0.25, 0.3) is 10.8 Å². The summed E-state index contributed by atoms with van der Waals surface area (Å²) in [6.45, 7) is 2.09. The topological polar surface area (TPSA) is 34.1 Å². The maximum atomic E-state index is 12.4. The third-order valence-corrected chi connectivity index (χ3v) is 8.81. The lowest BCUT2D eigenvalue weighted by molar-refractivity contribution is 0.591. The summed E-state index contributed by atoms with van der Waals surface area (Å²) in [4.78, 5) is 1.91. The minimum Gasteiger partial charge on any atom is -0.224 e. The Labute approximate surface area is 142 Å². The maximum absolute atomic E-state index is 12.4. The van der Waals surface area contributed by atoms with E-state index in [-0.39, 0.29) is 5.75 Å². The predicted molar refractivity (Wildman–Crippen MR) is 100 cm³/mol. The van der Waals surface area contributed by atoms with Crippen LogP contribution in [0.4, 0.5) is 0 Å². The average molecular weight is 350 g/mol. The van der Waals surface area contributed by atoms with Crippen LogP contribution >= 0.6 is 0 Å². The Hall–Kier alpha value is -1.00. The van der Waals surface area contributed by atoms with Crippen LogP contribution in [-0.2, 0) is 20.7 Å². The van der Waals surface area contributed by atoms with Crippen molar-refractivity contribution in [3.8, 4) is 0 Å².